The van der Waals surface area contributed by atoms with Crippen molar-refractivity contribution in [3.05, 3.63) is 96.3 Å². The van der Waals surface area contributed by atoms with E-state index in [1.807, 2.05) is 48.5 Å². The van der Waals surface area contributed by atoms with E-state index in [2.05, 4.69) is 20.3 Å². The summed E-state index contributed by atoms with van der Waals surface area (Å²) in [6, 6.07) is 19.4. The van der Waals surface area contributed by atoms with E-state index >= 15 is 0 Å². The number of benzene rings is 2. The highest BCUT2D eigenvalue weighted by Crippen LogP contribution is 2.33. The molecule has 0 radical (unpaired) electrons. The molecule has 5 aromatic rings. The lowest BCUT2D eigenvalue weighted by Crippen LogP contribution is -2.15. The molecule has 0 saturated heterocycles. The van der Waals surface area contributed by atoms with Crippen molar-refractivity contribution in [1.82, 2.24) is 15.0 Å². The first-order chi connectivity index (χ1) is 13.8. The Morgan fingerprint density at radius 2 is 1.79 bits per heavy atom. The predicted octanol–water partition coefficient (Wildman–Crippen LogP) is 5.11. The maximum atomic E-state index is 13.9. The van der Waals surface area contributed by atoms with Crippen LogP contribution in [0.1, 0.15) is 17.3 Å². The van der Waals surface area contributed by atoms with Gasteiger partial charge in [0.15, 0.2) is 11.4 Å². The summed E-state index contributed by atoms with van der Waals surface area (Å²) in [7, 11) is 0. The van der Waals surface area contributed by atoms with Crippen molar-refractivity contribution in [3.8, 4) is 0 Å². The molecule has 1 atom stereocenters. The summed E-state index contributed by atoms with van der Waals surface area (Å²) in [5, 5.41) is 4.29. The van der Waals surface area contributed by atoms with Gasteiger partial charge in [-0.1, -0.05) is 30.3 Å². The number of halogens is 1. The van der Waals surface area contributed by atoms with Gasteiger partial charge in [-0.25, -0.2) is 14.4 Å². The lowest BCUT2D eigenvalue weighted by Gasteiger charge is -2.19. The van der Waals surface area contributed by atoms with Gasteiger partial charge in [-0.15, -0.1) is 0 Å². The SMILES string of the molecule is Fc1cccc(C(Nc2ncnc3c2oc2ccccc23)c2ccccn2)c1. The van der Waals surface area contributed by atoms with Crippen LogP contribution in [0.5, 0.6) is 0 Å². The van der Waals surface area contributed by atoms with Crippen LogP contribution in [0, 0.1) is 5.82 Å². The van der Waals surface area contributed by atoms with Crippen LogP contribution in [0.3, 0.4) is 0 Å². The van der Waals surface area contributed by atoms with Crippen molar-refractivity contribution in [2.45, 2.75) is 6.04 Å². The highest BCUT2D eigenvalue weighted by atomic mass is 19.1. The number of hydrogen-bond acceptors (Lipinski definition) is 5. The summed E-state index contributed by atoms with van der Waals surface area (Å²) >= 11 is 0. The third-order valence-electron chi connectivity index (χ3n) is 4.60. The Morgan fingerprint density at radius 1 is 0.893 bits per heavy atom. The molecule has 1 unspecified atom stereocenters. The smallest absolute Gasteiger partial charge is 0.196 e. The Balaban J connectivity index is 1.65. The number of fused-ring (bicyclic) bond motifs is 3. The quantitative estimate of drug-likeness (QED) is 0.476. The highest BCUT2D eigenvalue weighted by Gasteiger charge is 2.20. The first-order valence-corrected chi connectivity index (χ1v) is 8.85. The molecule has 5 nitrogen and oxygen atoms in total. The lowest BCUT2D eigenvalue weighted by atomic mass is 10.0. The van der Waals surface area contributed by atoms with E-state index in [4.69, 9.17) is 4.42 Å². The third kappa shape index (κ3) is 2.85. The second kappa shape index (κ2) is 6.74. The molecule has 1 N–H and O–H groups in total. The molecule has 6 heteroatoms. The number of furan rings is 1. The number of nitrogens with one attached hydrogen (secondary N) is 1. The van der Waals surface area contributed by atoms with E-state index in [9.17, 15) is 4.39 Å². The fourth-order valence-electron chi connectivity index (χ4n) is 3.32. The van der Waals surface area contributed by atoms with Crippen LogP contribution in [0.15, 0.2) is 83.7 Å². The van der Waals surface area contributed by atoms with Gasteiger partial charge in [0, 0.05) is 11.6 Å². The molecule has 0 bridgehead atoms. The maximum Gasteiger partial charge on any atom is 0.196 e. The van der Waals surface area contributed by atoms with Crippen LogP contribution in [-0.2, 0) is 0 Å². The van der Waals surface area contributed by atoms with Gasteiger partial charge in [0.05, 0.1) is 11.7 Å². The fourth-order valence-corrected chi connectivity index (χ4v) is 3.32. The van der Waals surface area contributed by atoms with Crippen LogP contribution < -0.4 is 5.32 Å². The molecule has 0 fully saturated rings. The van der Waals surface area contributed by atoms with E-state index in [1.54, 1.807) is 12.3 Å². The minimum absolute atomic E-state index is 0.309. The van der Waals surface area contributed by atoms with Crippen LogP contribution >= 0.6 is 0 Å². The van der Waals surface area contributed by atoms with Crippen molar-refractivity contribution in [2.75, 3.05) is 5.32 Å². The number of rotatable bonds is 4. The van der Waals surface area contributed by atoms with Crippen LogP contribution in [0.25, 0.3) is 22.1 Å². The molecular weight excluding hydrogens is 355 g/mol. The predicted molar refractivity (Wildman–Crippen MR) is 105 cm³/mol. The second-order valence-corrected chi connectivity index (χ2v) is 6.39. The molecule has 3 heterocycles. The molecule has 5 rings (SSSR count). The number of nitrogens with zero attached hydrogens (tertiary/aromatic N) is 3. The van der Waals surface area contributed by atoms with Gasteiger partial charge in [0.1, 0.15) is 23.2 Å². The van der Waals surface area contributed by atoms with E-state index in [0.717, 1.165) is 27.7 Å². The molecular formula is C22H15FN4O. The summed E-state index contributed by atoms with van der Waals surface area (Å²) in [5.74, 6) is 0.220. The average molecular weight is 370 g/mol. The first-order valence-electron chi connectivity index (χ1n) is 8.85. The van der Waals surface area contributed by atoms with E-state index in [0.29, 0.717) is 11.4 Å². The maximum absolute atomic E-state index is 13.9. The summed E-state index contributed by atoms with van der Waals surface area (Å²) < 4.78 is 19.9. The van der Waals surface area contributed by atoms with E-state index in [-0.39, 0.29) is 5.82 Å². The normalized spacial score (nSPS) is 12.3. The topological polar surface area (TPSA) is 63.8 Å². The number of aromatic nitrogens is 3. The number of anilines is 1. The largest absolute Gasteiger partial charge is 0.450 e. The molecule has 0 aliphatic carbocycles. The summed E-state index contributed by atoms with van der Waals surface area (Å²) in [5.41, 5.74) is 3.51. The molecule has 0 saturated carbocycles. The monoisotopic (exact) mass is 370 g/mol. The minimum Gasteiger partial charge on any atom is -0.450 e. The summed E-state index contributed by atoms with van der Waals surface area (Å²) in [4.78, 5) is 13.2. The molecule has 0 aliphatic heterocycles. The Labute approximate surface area is 159 Å². The van der Waals surface area contributed by atoms with Crippen molar-refractivity contribution in [3.63, 3.8) is 0 Å². The van der Waals surface area contributed by atoms with Gasteiger partial charge in [0.2, 0.25) is 0 Å². The standard InChI is InChI=1S/C22H15FN4O/c23-15-7-5-6-14(12-15)19(17-9-3-4-11-24-17)27-22-21-20(25-13-26-22)16-8-1-2-10-18(16)28-21/h1-13,19H,(H,25,26,27). The molecule has 3 aromatic heterocycles. The zero-order chi connectivity index (χ0) is 18.9. The Morgan fingerprint density at radius 3 is 2.64 bits per heavy atom. The summed E-state index contributed by atoms with van der Waals surface area (Å²) in [6.07, 6.45) is 3.20. The van der Waals surface area contributed by atoms with Crippen LogP contribution in [0.4, 0.5) is 10.2 Å². The third-order valence-corrected chi connectivity index (χ3v) is 4.60. The Bertz CT molecular complexity index is 1270. The Hall–Kier alpha value is -3.80. The van der Waals surface area contributed by atoms with Crippen molar-refractivity contribution >= 4 is 27.9 Å². The summed E-state index contributed by atoms with van der Waals surface area (Å²) in [6.45, 7) is 0. The van der Waals surface area contributed by atoms with Gasteiger partial charge in [0.25, 0.3) is 0 Å². The molecule has 2 aromatic carbocycles. The zero-order valence-electron chi connectivity index (χ0n) is 14.7. The van der Waals surface area contributed by atoms with Crippen molar-refractivity contribution in [2.24, 2.45) is 0 Å². The lowest BCUT2D eigenvalue weighted by molar-refractivity contribution is 0.624. The van der Waals surface area contributed by atoms with Crippen LogP contribution in [-0.4, -0.2) is 15.0 Å². The molecule has 0 amide bonds. The van der Waals surface area contributed by atoms with Crippen molar-refractivity contribution in [1.29, 1.82) is 0 Å². The molecule has 28 heavy (non-hydrogen) atoms. The zero-order valence-corrected chi connectivity index (χ0v) is 14.7. The highest BCUT2D eigenvalue weighted by molar-refractivity contribution is 6.05. The number of hydrogen-bond donors (Lipinski definition) is 1. The van der Waals surface area contributed by atoms with E-state index in [1.165, 1.54) is 18.5 Å². The van der Waals surface area contributed by atoms with Gasteiger partial charge in [-0.3, -0.25) is 4.98 Å². The van der Waals surface area contributed by atoms with Gasteiger partial charge >= 0.3 is 0 Å². The van der Waals surface area contributed by atoms with Gasteiger partial charge < -0.3 is 9.73 Å². The minimum atomic E-state index is -0.400. The van der Waals surface area contributed by atoms with Gasteiger partial charge in [-0.05, 0) is 42.0 Å². The fraction of sp³-hybridized carbons (Fsp3) is 0.0455. The van der Waals surface area contributed by atoms with Crippen molar-refractivity contribution < 1.29 is 8.81 Å². The molecule has 0 aliphatic rings. The average Bonchev–Trinajstić information content (AvgIpc) is 3.12. The number of para-hydroxylation sites is 1. The van der Waals surface area contributed by atoms with Gasteiger partial charge in [-0.2, -0.15) is 0 Å². The second-order valence-electron chi connectivity index (χ2n) is 6.39. The molecule has 136 valence electrons. The van der Waals surface area contributed by atoms with E-state index < -0.39 is 6.04 Å². The van der Waals surface area contributed by atoms with Crippen LogP contribution in [0.2, 0.25) is 0 Å². The number of pyridine rings is 1. The molecule has 0 spiro atoms. The first kappa shape index (κ1) is 16.4. The Kier molecular flexibility index (Phi) is 3.94.